The molecule has 1 N–H and O–H groups in total. The zero-order chi connectivity index (χ0) is 28.8. The van der Waals surface area contributed by atoms with Crippen molar-refractivity contribution in [1.82, 2.24) is 9.71 Å². The number of rotatable bonds is 10. The molecular formula is C32H33N3O5S. The minimum Gasteiger partial charge on any atom is -0.493 e. The Hall–Kier alpha value is -4.37. The number of amides is 1. The van der Waals surface area contributed by atoms with Crippen molar-refractivity contribution in [2.75, 3.05) is 12.0 Å². The number of carbonyl (C=O) groups is 1. The summed E-state index contributed by atoms with van der Waals surface area (Å²) in [6.45, 7) is 2.14. The second-order valence-corrected chi connectivity index (χ2v) is 11.7. The summed E-state index contributed by atoms with van der Waals surface area (Å²) in [6, 6.07) is 23.0. The number of methoxy groups -OCH3 is 1. The quantitative estimate of drug-likeness (QED) is 0.243. The number of aromatic nitrogens is 1. The molecular weight excluding hydrogens is 538 g/mol. The molecule has 1 saturated carbocycles. The highest BCUT2D eigenvalue weighted by atomic mass is 32.2. The molecule has 0 aliphatic heterocycles. The number of benzene rings is 3. The lowest BCUT2D eigenvalue weighted by Gasteiger charge is -2.27. The summed E-state index contributed by atoms with van der Waals surface area (Å²) in [4.78, 5) is 19.5. The van der Waals surface area contributed by atoms with Crippen LogP contribution in [0.4, 0.5) is 11.4 Å². The molecule has 0 saturated heterocycles. The van der Waals surface area contributed by atoms with Gasteiger partial charge in [0.05, 0.1) is 18.1 Å². The fraction of sp³-hybridized carbons (Fsp3) is 0.250. The maximum atomic E-state index is 13.2. The van der Waals surface area contributed by atoms with Gasteiger partial charge in [-0.2, -0.15) is 0 Å². The maximum absolute atomic E-state index is 13.2. The smallest absolute Gasteiger partial charge is 0.265 e. The van der Waals surface area contributed by atoms with Gasteiger partial charge >= 0.3 is 0 Å². The topological polar surface area (TPSA) is 97.8 Å². The number of aryl methyl sites for hydroxylation is 1. The number of hydrogen-bond donors (Lipinski definition) is 1. The second kappa shape index (κ2) is 12.4. The summed E-state index contributed by atoms with van der Waals surface area (Å²) in [5, 5.41) is 0. The number of sulfonamides is 1. The van der Waals surface area contributed by atoms with Gasteiger partial charge in [0.25, 0.3) is 15.9 Å². The summed E-state index contributed by atoms with van der Waals surface area (Å²) < 4.78 is 40.1. The van der Waals surface area contributed by atoms with Gasteiger partial charge in [-0.1, -0.05) is 30.3 Å². The fourth-order valence-electron chi connectivity index (χ4n) is 5.03. The SMILES string of the molecule is COc1ccc(N(Cc2cccnc2)c2cccc(C(=O)NS(=O)(=O)c3ccccc3C)c2)cc1OC1CCCC1. The van der Waals surface area contributed by atoms with Gasteiger partial charge in [-0.05, 0) is 86.2 Å². The molecule has 0 radical (unpaired) electrons. The summed E-state index contributed by atoms with van der Waals surface area (Å²) in [5.41, 5.74) is 3.25. The van der Waals surface area contributed by atoms with Crippen LogP contribution in [0.15, 0.2) is 96.2 Å². The lowest BCUT2D eigenvalue weighted by Crippen LogP contribution is -2.31. The molecule has 0 bridgehead atoms. The van der Waals surface area contributed by atoms with E-state index >= 15 is 0 Å². The molecule has 212 valence electrons. The van der Waals surface area contributed by atoms with Gasteiger partial charge in [0.15, 0.2) is 11.5 Å². The number of carbonyl (C=O) groups excluding carboxylic acids is 1. The van der Waals surface area contributed by atoms with Crippen molar-refractivity contribution in [3.8, 4) is 11.5 Å². The minimum absolute atomic E-state index is 0.0655. The van der Waals surface area contributed by atoms with E-state index in [-0.39, 0.29) is 16.6 Å². The van der Waals surface area contributed by atoms with Gasteiger partial charge in [-0.3, -0.25) is 9.78 Å². The van der Waals surface area contributed by atoms with Crippen molar-refractivity contribution >= 4 is 27.3 Å². The van der Waals surface area contributed by atoms with Crippen molar-refractivity contribution in [2.45, 2.75) is 50.2 Å². The van der Waals surface area contributed by atoms with Crippen LogP contribution in [0.2, 0.25) is 0 Å². The van der Waals surface area contributed by atoms with Crippen LogP contribution in [0.1, 0.15) is 47.2 Å². The van der Waals surface area contributed by atoms with Crippen molar-refractivity contribution in [3.63, 3.8) is 0 Å². The highest BCUT2D eigenvalue weighted by molar-refractivity contribution is 7.90. The van der Waals surface area contributed by atoms with Gasteiger partial charge in [-0.15, -0.1) is 0 Å². The van der Waals surface area contributed by atoms with Gasteiger partial charge < -0.3 is 14.4 Å². The molecule has 41 heavy (non-hydrogen) atoms. The molecule has 0 spiro atoms. The average molecular weight is 572 g/mol. The van der Waals surface area contributed by atoms with Crippen LogP contribution in [-0.4, -0.2) is 32.5 Å². The zero-order valence-corrected chi connectivity index (χ0v) is 23.9. The van der Waals surface area contributed by atoms with Gasteiger partial charge in [-0.25, -0.2) is 13.1 Å². The van der Waals surface area contributed by atoms with Crippen LogP contribution in [0, 0.1) is 6.92 Å². The van der Waals surface area contributed by atoms with Crippen molar-refractivity contribution in [3.05, 3.63) is 108 Å². The monoisotopic (exact) mass is 571 g/mol. The normalized spacial score (nSPS) is 13.5. The van der Waals surface area contributed by atoms with E-state index in [2.05, 4.69) is 9.71 Å². The largest absolute Gasteiger partial charge is 0.493 e. The van der Waals surface area contributed by atoms with Crippen molar-refractivity contribution in [2.24, 2.45) is 0 Å². The van der Waals surface area contributed by atoms with E-state index in [4.69, 9.17) is 9.47 Å². The molecule has 1 amide bonds. The predicted molar refractivity (Wildman–Crippen MR) is 158 cm³/mol. The molecule has 3 aromatic carbocycles. The zero-order valence-electron chi connectivity index (χ0n) is 23.1. The standard InChI is InChI=1S/C32H33N3O5S/c1-23-9-3-6-15-31(23)41(37,38)34-32(36)25-11-7-12-26(19-25)35(22-24-10-8-18-33-21-24)27-16-17-29(39-2)30(20-27)40-28-13-4-5-14-28/h3,6-12,15-21,28H,4-5,13-14,22H2,1-2H3,(H,34,36). The molecule has 1 heterocycles. The van der Waals surface area contributed by atoms with Gasteiger partial charge in [0.1, 0.15) is 0 Å². The summed E-state index contributed by atoms with van der Waals surface area (Å²) in [5.74, 6) is 0.597. The molecule has 0 unspecified atom stereocenters. The number of pyridine rings is 1. The number of nitrogens with zero attached hydrogens (tertiary/aromatic N) is 2. The first-order valence-corrected chi connectivity index (χ1v) is 15.1. The highest BCUT2D eigenvalue weighted by Crippen LogP contribution is 2.38. The van der Waals surface area contributed by atoms with E-state index in [1.807, 2.05) is 41.3 Å². The highest BCUT2D eigenvalue weighted by Gasteiger charge is 2.23. The predicted octanol–water partition coefficient (Wildman–Crippen LogP) is 6.18. The molecule has 1 aromatic heterocycles. The summed E-state index contributed by atoms with van der Waals surface area (Å²) >= 11 is 0. The fourth-order valence-corrected chi connectivity index (χ4v) is 6.25. The van der Waals surface area contributed by atoms with Crippen LogP contribution in [0.3, 0.4) is 0 Å². The first-order chi connectivity index (χ1) is 19.8. The Labute approximate surface area is 241 Å². The Balaban J connectivity index is 1.48. The summed E-state index contributed by atoms with van der Waals surface area (Å²) in [6.07, 6.45) is 7.97. The lowest BCUT2D eigenvalue weighted by atomic mass is 10.1. The molecule has 4 aromatic rings. The van der Waals surface area contributed by atoms with E-state index in [0.29, 0.717) is 29.3 Å². The van der Waals surface area contributed by atoms with Crippen LogP contribution >= 0.6 is 0 Å². The Bertz CT molecular complexity index is 1620. The number of anilines is 2. The van der Waals surface area contributed by atoms with E-state index < -0.39 is 15.9 Å². The van der Waals surface area contributed by atoms with Crippen LogP contribution in [0.25, 0.3) is 0 Å². The molecule has 1 fully saturated rings. The Morgan fingerprint density at radius 2 is 1.73 bits per heavy atom. The third kappa shape index (κ3) is 6.69. The van der Waals surface area contributed by atoms with Crippen molar-refractivity contribution in [1.29, 1.82) is 0 Å². The van der Waals surface area contributed by atoms with Crippen molar-refractivity contribution < 1.29 is 22.7 Å². The number of nitrogens with one attached hydrogen (secondary N) is 1. The van der Waals surface area contributed by atoms with Gasteiger partial charge in [0.2, 0.25) is 0 Å². The molecule has 8 nitrogen and oxygen atoms in total. The molecule has 0 atom stereocenters. The first kappa shape index (κ1) is 28.2. The molecule has 5 rings (SSSR count). The lowest BCUT2D eigenvalue weighted by molar-refractivity contribution is 0.0981. The minimum atomic E-state index is -4.05. The Morgan fingerprint density at radius 3 is 2.46 bits per heavy atom. The molecule has 1 aliphatic carbocycles. The second-order valence-electron chi connectivity index (χ2n) is 10.1. The van der Waals surface area contributed by atoms with E-state index in [1.165, 1.54) is 6.07 Å². The van der Waals surface area contributed by atoms with E-state index in [9.17, 15) is 13.2 Å². The maximum Gasteiger partial charge on any atom is 0.265 e. The third-order valence-corrected chi connectivity index (χ3v) is 8.64. The Kier molecular flexibility index (Phi) is 8.54. The van der Waals surface area contributed by atoms with Crippen LogP contribution in [0.5, 0.6) is 11.5 Å². The Morgan fingerprint density at radius 1 is 0.951 bits per heavy atom. The summed E-state index contributed by atoms with van der Waals surface area (Å²) in [7, 11) is -2.43. The number of ether oxygens (including phenoxy) is 2. The molecule has 1 aliphatic rings. The average Bonchev–Trinajstić information content (AvgIpc) is 3.49. The number of hydrogen-bond acceptors (Lipinski definition) is 7. The van der Waals surface area contributed by atoms with E-state index in [0.717, 1.165) is 36.9 Å². The van der Waals surface area contributed by atoms with E-state index in [1.54, 1.807) is 62.8 Å². The van der Waals surface area contributed by atoms with Gasteiger partial charge in [0, 0.05) is 41.9 Å². The van der Waals surface area contributed by atoms with Crippen LogP contribution in [-0.2, 0) is 16.6 Å². The third-order valence-electron chi connectivity index (χ3n) is 7.15. The first-order valence-electron chi connectivity index (χ1n) is 13.6. The molecule has 9 heteroatoms. The van der Waals surface area contributed by atoms with Crippen LogP contribution < -0.4 is 19.1 Å².